The first-order valence-electron chi connectivity index (χ1n) is 10.5. The molecular formula is C22H18N8O4S. The second-order valence-corrected chi connectivity index (χ2v) is 8.52. The zero-order valence-corrected chi connectivity index (χ0v) is 19.2. The number of anilines is 1. The Morgan fingerprint density at radius 2 is 2.03 bits per heavy atom. The molecule has 0 radical (unpaired) electrons. The van der Waals surface area contributed by atoms with Crippen molar-refractivity contribution in [3.8, 4) is 11.4 Å². The van der Waals surface area contributed by atoms with Gasteiger partial charge in [0.2, 0.25) is 17.0 Å². The van der Waals surface area contributed by atoms with Gasteiger partial charge in [-0.2, -0.15) is 4.98 Å². The van der Waals surface area contributed by atoms with Crippen LogP contribution in [0.2, 0.25) is 0 Å². The fraction of sp³-hybridized carbons (Fsp3) is 0.182. The normalized spacial score (nSPS) is 12.8. The fourth-order valence-corrected chi connectivity index (χ4v) is 4.05. The van der Waals surface area contributed by atoms with Crippen molar-refractivity contribution in [2.24, 2.45) is 0 Å². The third-order valence-corrected chi connectivity index (χ3v) is 6.02. The molecule has 0 saturated carbocycles. The van der Waals surface area contributed by atoms with E-state index >= 15 is 0 Å². The molecule has 3 aromatic heterocycles. The van der Waals surface area contributed by atoms with Gasteiger partial charge in [-0.1, -0.05) is 16.9 Å². The molecular weight excluding hydrogens is 472 g/mol. The van der Waals surface area contributed by atoms with Crippen LogP contribution in [-0.4, -0.2) is 60.0 Å². The number of thioether (sulfide) groups is 1. The number of aromatic nitrogens is 6. The average Bonchev–Trinajstić information content (AvgIpc) is 3.59. The molecule has 4 aromatic rings. The highest BCUT2D eigenvalue weighted by atomic mass is 32.2. The molecule has 12 nitrogen and oxygen atoms in total. The largest absolute Gasteiger partial charge is 0.339 e. The first-order valence-corrected chi connectivity index (χ1v) is 11.5. The summed E-state index contributed by atoms with van der Waals surface area (Å²) in [6, 6.07) is 8.32. The number of aryl methyl sites for hydroxylation is 1. The summed E-state index contributed by atoms with van der Waals surface area (Å²) in [7, 11) is 1.42. The number of pyridine rings is 1. The average molecular weight is 491 g/mol. The molecule has 1 aromatic carbocycles. The van der Waals surface area contributed by atoms with Crippen LogP contribution in [0, 0.1) is 0 Å². The van der Waals surface area contributed by atoms with Crippen LogP contribution in [0.4, 0.5) is 5.69 Å². The lowest BCUT2D eigenvalue weighted by atomic mass is 10.1. The molecule has 13 heteroatoms. The molecule has 1 aliphatic heterocycles. The summed E-state index contributed by atoms with van der Waals surface area (Å²) < 4.78 is 5.23. The van der Waals surface area contributed by atoms with Crippen LogP contribution in [0.1, 0.15) is 38.9 Å². The number of carbonyl (C=O) groups is 3. The lowest BCUT2D eigenvalue weighted by Gasteiger charge is -2.05. The van der Waals surface area contributed by atoms with Gasteiger partial charge in [0.05, 0.1) is 16.9 Å². The van der Waals surface area contributed by atoms with Gasteiger partial charge in [-0.25, -0.2) is 4.98 Å². The zero-order chi connectivity index (χ0) is 24.4. The molecule has 176 valence electrons. The van der Waals surface area contributed by atoms with Crippen molar-refractivity contribution in [3.63, 3.8) is 0 Å². The Kier molecular flexibility index (Phi) is 6.06. The number of nitrogens with zero attached hydrogens (tertiary/aromatic N) is 6. The van der Waals surface area contributed by atoms with Crippen LogP contribution < -0.4 is 5.32 Å². The molecule has 35 heavy (non-hydrogen) atoms. The number of amides is 3. The second kappa shape index (κ2) is 9.46. The Morgan fingerprint density at radius 3 is 2.86 bits per heavy atom. The summed E-state index contributed by atoms with van der Waals surface area (Å²) in [5.41, 5.74) is 1.86. The summed E-state index contributed by atoms with van der Waals surface area (Å²) in [5, 5.41) is 14.2. The highest BCUT2D eigenvalue weighted by Crippen LogP contribution is 2.25. The first-order chi connectivity index (χ1) is 17.0. The molecule has 0 unspecified atom stereocenters. The van der Waals surface area contributed by atoms with E-state index in [0.29, 0.717) is 39.7 Å². The molecule has 0 aliphatic carbocycles. The molecule has 2 N–H and O–H groups in total. The van der Waals surface area contributed by atoms with Crippen molar-refractivity contribution < 1.29 is 18.9 Å². The van der Waals surface area contributed by atoms with Crippen molar-refractivity contribution >= 4 is 35.2 Å². The molecule has 0 atom stereocenters. The van der Waals surface area contributed by atoms with E-state index in [-0.39, 0.29) is 30.2 Å². The van der Waals surface area contributed by atoms with Crippen LogP contribution in [0.5, 0.6) is 0 Å². The number of imide groups is 1. The third-order valence-electron chi connectivity index (χ3n) is 5.18. The summed E-state index contributed by atoms with van der Waals surface area (Å²) in [4.78, 5) is 50.2. The van der Waals surface area contributed by atoms with Crippen molar-refractivity contribution in [1.29, 1.82) is 0 Å². The van der Waals surface area contributed by atoms with Crippen molar-refractivity contribution in [3.05, 3.63) is 65.6 Å². The Bertz CT molecular complexity index is 1420. The number of benzene rings is 1. The van der Waals surface area contributed by atoms with E-state index in [9.17, 15) is 14.4 Å². The van der Waals surface area contributed by atoms with E-state index < -0.39 is 5.91 Å². The highest BCUT2D eigenvalue weighted by molar-refractivity contribution is 7.98. The Hall–Kier alpha value is -4.39. The Labute approximate surface area is 202 Å². The van der Waals surface area contributed by atoms with Crippen molar-refractivity contribution in [2.75, 3.05) is 12.4 Å². The first kappa shape index (κ1) is 22.4. The van der Waals surface area contributed by atoms with E-state index in [2.05, 4.69) is 35.6 Å². The molecule has 0 spiro atoms. The standard InChI is InChI=1S/C22H18N8O4S/c1-30-20(32)14-5-4-13(9-15(14)21(30)33)24-17(31)6-7-18-25-16(29-34-18)11-35-22-26-19(27-28-22)12-3-2-8-23-10-12/h2-5,8-10H,6-7,11H2,1H3,(H,24,31)(H,26,27,28). The zero-order valence-electron chi connectivity index (χ0n) is 18.4. The van der Waals surface area contributed by atoms with E-state index in [1.165, 1.54) is 30.9 Å². The van der Waals surface area contributed by atoms with Crippen LogP contribution in [-0.2, 0) is 17.0 Å². The van der Waals surface area contributed by atoms with Crippen LogP contribution in [0.3, 0.4) is 0 Å². The lowest BCUT2D eigenvalue weighted by Crippen LogP contribution is -2.24. The number of nitrogens with one attached hydrogen (secondary N) is 2. The van der Waals surface area contributed by atoms with Gasteiger partial charge in [0, 0.05) is 43.5 Å². The molecule has 0 fully saturated rings. The van der Waals surface area contributed by atoms with E-state index in [1.807, 2.05) is 12.1 Å². The fourth-order valence-electron chi connectivity index (χ4n) is 3.41. The predicted octanol–water partition coefficient (Wildman–Crippen LogP) is 2.34. The Morgan fingerprint density at radius 1 is 1.17 bits per heavy atom. The quantitative estimate of drug-likeness (QED) is 0.277. The van der Waals surface area contributed by atoms with Crippen LogP contribution in [0.25, 0.3) is 11.4 Å². The molecule has 3 amide bonds. The SMILES string of the molecule is CN1C(=O)c2ccc(NC(=O)CCc3nc(CSc4n[nH]c(-c5cccnc5)n4)no3)cc2C1=O. The maximum Gasteiger partial charge on any atom is 0.261 e. The summed E-state index contributed by atoms with van der Waals surface area (Å²) in [5.74, 6) is 0.777. The van der Waals surface area contributed by atoms with Gasteiger partial charge in [-0.15, -0.1) is 5.10 Å². The second-order valence-electron chi connectivity index (χ2n) is 7.58. The van der Waals surface area contributed by atoms with Gasteiger partial charge < -0.3 is 9.84 Å². The third kappa shape index (κ3) is 4.80. The highest BCUT2D eigenvalue weighted by Gasteiger charge is 2.32. The topological polar surface area (TPSA) is 160 Å². The van der Waals surface area contributed by atoms with Gasteiger partial charge >= 0.3 is 0 Å². The number of hydrogen-bond donors (Lipinski definition) is 2. The van der Waals surface area contributed by atoms with Gasteiger partial charge in [-0.05, 0) is 30.3 Å². The van der Waals surface area contributed by atoms with Crippen molar-refractivity contribution in [1.82, 2.24) is 35.2 Å². The minimum Gasteiger partial charge on any atom is -0.339 e. The van der Waals surface area contributed by atoms with Crippen molar-refractivity contribution in [2.45, 2.75) is 23.8 Å². The predicted molar refractivity (Wildman–Crippen MR) is 123 cm³/mol. The van der Waals surface area contributed by atoms with E-state index in [0.717, 1.165) is 10.5 Å². The van der Waals surface area contributed by atoms with Gasteiger partial charge in [0.15, 0.2) is 11.6 Å². The van der Waals surface area contributed by atoms with Gasteiger partial charge in [-0.3, -0.25) is 29.4 Å². The maximum atomic E-state index is 12.3. The molecule has 1 aliphatic rings. The van der Waals surface area contributed by atoms with E-state index in [4.69, 9.17) is 4.52 Å². The number of rotatable bonds is 8. The Balaban J connectivity index is 1.11. The monoisotopic (exact) mass is 490 g/mol. The van der Waals surface area contributed by atoms with Gasteiger partial charge in [0.1, 0.15) is 0 Å². The molecule has 4 heterocycles. The maximum absolute atomic E-state index is 12.3. The molecule has 5 rings (SSSR count). The minimum absolute atomic E-state index is 0.105. The van der Waals surface area contributed by atoms with Crippen LogP contribution >= 0.6 is 11.8 Å². The number of H-pyrrole nitrogens is 1. The van der Waals surface area contributed by atoms with Gasteiger partial charge in [0.25, 0.3) is 11.8 Å². The molecule has 0 saturated heterocycles. The van der Waals surface area contributed by atoms with Crippen LogP contribution in [0.15, 0.2) is 52.4 Å². The summed E-state index contributed by atoms with van der Waals surface area (Å²) >= 11 is 1.35. The summed E-state index contributed by atoms with van der Waals surface area (Å²) in [6.45, 7) is 0. The number of aromatic amines is 1. The lowest BCUT2D eigenvalue weighted by molar-refractivity contribution is -0.116. The number of fused-ring (bicyclic) bond motifs is 1. The van der Waals surface area contributed by atoms with E-state index in [1.54, 1.807) is 18.5 Å². The minimum atomic E-state index is -0.393. The smallest absolute Gasteiger partial charge is 0.261 e. The molecule has 0 bridgehead atoms. The summed E-state index contributed by atoms with van der Waals surface area (Å²) in [6.07, 6.45) is 3.73. The number of carbonyl (C=O) groups excluding carboxylic acids is 3. The number of hydrogen-bond acceptors (Lipinski definition) is 10.